The molecule has 0 radical (unpaired) electrons. The number of anilines is 2. The Hall–Kier alpha value is -3.98. The Balaban J connectivity index is 1.52. The van der Waals surface area contributed by atoms with E-state index in [1.807, 2.05) is 11.0 Å². The first kappa shape index (κ1) is 28.5. The summed E-state index contributed by atoms with van der Waals surface area (Å²) in [5.74, 6) is -0.252. The van der Waals surface area contributed by atoms with E-state index in [0.29, 0.717) is 63.0 Å². The molecule has 1 fully saturated rings. The first-order valence-electron chi connectivity index (χ1n) is 12.8. The van der Waals surface area contributed by atoms with E-state index in [1.165, 1.54) is 11.5 Å². The molecule has 1 saturated heterocycles. The minimum absolute atomic E-state index is 0.0621. The number of rotatable bonds is 5. The molecule has 2 amide bonds. The fourth-order valence-corrected chi connectivity index (χ4v) is 5.03. The van der Waals surface area contributed by atoms with Gasteiger partial charge in [0.1, 0.15) is 17.9 Å². The highest BCUT2D eigenvalue weighted by Gasteiger charge is 2.33. The summed E-state index contributed by atoms with van der Waals surface area (Å²) in [4.78, 5) is 50.1. The molecule has 0 aromatic carbocycles. The summed E-state index contributed by atoms with van der Waals surface area (Å²) >= 11 is 5.93. The van der Waals surface area contributed by atoms with Crippen molar-refractivity contribution in [2.24, 2.45) is 0 Å². The summed E-state index contributed by atoms with van der Waals surface area (Å²) in [7, 11) is 0. The largest absolute Gasteiger partial charge is 0.433 e. The van der Waals surface area contributed by atoms with Gasteiger partial charge in [-0.15, -0.1) is 5.10 Å². The van der Waals surface area contributed by atoms with Gasteiger partial charge in [0.05, 0.1) is 18.9 Å². The predicted molar refractivity (Wildman–Crippen MR) is 143 cm³/mol. The van der Waals surface area contributed by atoms with Crippen molar-refractivity contribution in [3.63, 3.8) is 0 Å². The van der Waals surface area contributed by atoms with Crippen LogP contribution >= 0.6 is 11.6 Å². The predicted octanol–water partition coefficient (Wildman–Crippen LogP) is 2.38. The number of carbonyl (C=O) groups is 2. The zero-order chi connectivity index (χ0) is 29.5. The molecule has 3 aromatic rings. The topological polar surface area (TPSA) is 127 Å². The van der Waals surface area contributed by atoms with Crippen LogP contribution < -0.4 is 15.8 Å². The number of carbonyl (C=O) groups excluding carboxylic acids is 2. The quantitative estimate of drug-likeness (QED) is 0.446. The van der Waals surface area contributed by atoms with Crippen molar-refractivity contribution in [1.29, 1.82) is 0 Å². The van der Waals surface area contributed by atoms with Crippen molar-refractivity contribution < 1.29 is 27.5 Å². The van der Waals surface area contributed by atoms with Crippen molar-refractivity contribution in [3.8, 4) is 0 Å². The van der Waals surface area contributed by atoms with E-state index in [2.05, 4.69) is 20.4 Å². The van der Waals surface area contributed by atoms with Crippen molar-refractivity contribution in [2.45, 2.75) is 33.0 Å². The van der Waals surface area contributed by atoms with Gasteiger partial charge < -0.3 is 24.4 Å². The van der Waals surface area contributed by atoms with Gasteiger partial charge in [-0.25, -0.2) is 4.98 Å². The molecule has 0 bridgehead atoms. The maximum Gasteiger partial charge on any atom is 0.433 e. The van der Waals surface area contributed by atoms with Crippen LogP contribution in [0, 0.1) is 6.92 Å². The molecule has 5 rings (SSSR count). The molecule has 0 unspecified atom stereocenters. The molecule has 1 N–H and O–H groups in total. The lowest BCUT2D eigenvalue weighted by Gasteiger charge is -2.36. The summed E-state index contributed by atoms with van der Waals surface area (Å²) < 4.78 is 47.0. The highest BCUT2D eigenvalue weighted by Crippen LogP contribution is 2.31. The highest BCUT2D eigenvalue weighted by atomic mass is 35.5. The van der Waals surface area contributed by atoms with Gasteiger partial charge in [0.25, 0.3) is 5.56 Å². The minimum Gasteiger partial charge on any atom is -0.377 e. The van der Waals surface area contributed by atoms with E-state index in [1.54, 1.807) is 11.8 Å². The average molecular weight is 595 g/mol. The summed E-state index contributed by atoms with van der Waals surface area (Å²) in [5.41, 5.74) is -0.175. The number of nitrogens with zero attached hydrogens (tertiary/aromatic N) is 7. The van der Waals surface area contributed by atoms with Crippen LogP contribution in [-0.4, -0.2) is 80.3 Å². The monoisotopic (exact) mass is 594 g/mol. The van der Waals surface area contributed by atoms with Crippen molar-refractivity contribution in [1.82, 2.24) is 29.0 Å². The molecule has 2 aliphatic heterocycles. The Morgan fingerprint density at radius 3 is 2.49 bits per heavy atom. The minimum atomic E-state index is -4.69. The lowest BCUT2D eigenvalue weighted by molar-refractivity contribution is -0.141. The van der Waals surface area contributed by atoms with Crippen LogP contribution in [0.4, 0.5) is 24.5 Å². The molecule has 3 aromatic heterocycles. The average Bonchev–Trinajstić information content (AvgIpc) is 3.38. The smallest absolute Gasteiger partial charge is 0.377 e. The maximum absolute atomic E-state index is 13.7. The van der Waals surface area contributed by atoms with Crippen LogP contribution in [0.5, 0.6) is 0 Å². The Bertz CT molecular complexity index is 1610. The second-order valence-electron chi connectivity index (χ2n) is 9.60. The molecular formula is C25H26ClF3N8O4. The SMILES string of the molecule is CC(=O)N1CCN(c2c(C)n(CC(=O)Nc3ccc(C(F)(F)F)nc3Cl)c3nc(C4=CCOCC4)nn3c2=O)CC1. The van der Waals surface area contributed by atoms with Crippen LogP contribution in [0.2, 0.25) is 5.15 Å². The molecule has 16 heteroatoms. The van der Waals surface area contributed by atoms with Gasteiger partial charge in [-0.3, -0.25) is 14.4 Å². The van der Waals surface area contributed by atoms with Crippen molar-refractivity contribution in [3.05, 3.63) is 50.9 Å². The fraction of sp³-hybridized carbons (Fsp3) is 0.440. The second-order valence-corrected chi connectivity index (χ2v) is 9.96. The van der Waals surface area contributed by atoms with E-state index >= 15 is 0 Å². The van der Waals surface area contributed by atoms with Gasteiger partial charge in [0.2, 0.25) is 17.6 Å². The number of aromatic nitrogens is 5. The Labute approximate surface area is 236 Å². The molecule has 12 nitrogen and oxygen atoms in total. The summed E-state index contributed by atoms with van der Waals surface area (Å²) in [6.07, 6.45) is -2.32. The van der Waals surface area contributed by atoms with Crippen LogP contribution in [0.15, 0.2) is 23.0 Å². The van der Waals surface area contributed by atoms with Gasteiger partial charge in [-0.05, 0) is 31.1 Å². The van der Waals surface area contributed by atoms with Gasteiger partial charge in [0, 0.05) is 38.8 Å². The number of amides is 2. The standard InChI is InChI=1S/C25H26ClF3N8O4/c1-14-20(35-9-7-34(8-10-35)15(2)38)23(40)37-24(32-22(33-37)16-5-11-41-12-6-16)36(14)13-19(39)30-17-3-4-18(25(27,28)29)31-21(17)26/h3-5H,6-13H2,1-2H3,(H,30,39). The first-order valence-corrected chi connectivity index (χ1v) is 13.1. The summed E-state index contributed by atoms with van der Waals surface area (Å²) in [5, 5.41) is 6.43. The van der Waals surface area contributed by atoms with E-state index in [-0.39, 0.29) is 23.9 Å². The number of halogens is 4. The Morgan fingerprint density at radius 1 is 1.15 bits per heavy atom. The van der Waals surface area contributed by atoms with E-state index in [0.717, 1.165) is 22.2 Å². The highest BCUT2D eigenvalue weighted by molar-refractivity contribution is 6.32. The Kier molecular flexibility index (Phi) is 7.74. The van der Waals surface area contributed by atoms with Crippen molar-refractivity contribution in [2.75, 3.05) is 49.6 Å². The fourth-order valence-electron chi connectivity index (χ4n) is 4.83. The number of hydrogen-bond acceptors (Lipinski definition) is 8. The van der Waals surface area contributed by atoms with Crippen molar-refractivity contribution >= 4 is 46.1 Å². The Morgan fingerprint density at radius 2 is 1.88 bits per heavy atom. The molecule has 218 valence electrons. The number of nitrogens with one attached hydrogen (secondary N) is 1. The van der Waals surface area contributed by atoms with Gasteiger partial charge >= 0.3 is 6.18 Å². The lowest BCUT2D eigenvalue weighted by Crippen LogP contribution is -2.50. The number of piperazine rings is 1. The number of hydrogen-bond donors (Lipinski definition) is 1. The third-order valence-electron chi connectivity index (χ3n) is 6.98. The normalized spacial score (nSPS) is 16.2. The lowest BCUT2D eigenvalue weighted by atomic mass is 10.1. The molecular weight excluding hydrogens is 569 g/mol. The molecule has 0 aliphatic carbocycles. The summed E-state index contributed by atoms with van der Waals surface area (Å²) in [6, 6.07) is 1.74. The van der Waals surface area contributed by atoms with Crippen LogP contribution in [-0.2, 0) is 27.0 Å². The van der Waals surface area contributed by atoms with Crippen LogP contribution in [0.3, 0.4) is 0 Å². The maximum atomic E-state index is 13.7. The van der Waals surface area contributed by atoms with Crippen LogP contribution in [0.1, 0.15) is 30.6 Å². The molecule has 0 spiro atoms. The number of ether oxygens (including phenoxy) is 1. The molecule has 2 aliphatic rings. The van der Waals surface area contributed by atoms with Gasteiger partial charge in [0.15, 0.2) is 11.0 Å². The zero-order valence-corrected chi connectivity index (χ0v) is 22.9. The third-order valence-corrected chi connectivity index (χ3v) is 7.27. The summed E-state index contributed by atoms with van der Waals surface area (Å²) in [6.45, 7) is 5.28. The number of fused-ring (bicyclic) bond motifs is 1. The first-order chi connectivity index (χ1) is 19.4. The van der Waals surface area contributed by atoms with E-state index in [9.17, 15) is 27.6 Å². The van der Waals surface area contributed by atoms with Gasteiger partial charge in [-0.1, -0.05) is 17.7 Å². The number of alkyl halides is 3. The number of pyridine rings is 1. The molecule has 0 saturated carbocycles. The van der Waals surface area contributed by atoms with E-state index < -0.39 is 28.5 Å². The van der Waals surface area contributed by atoms with E-state index in [4.69, 9.17) is 16.3 Å². The zero-order valence-electron chi connectivity index (χ0n) is 22.2. The van der Waals surface area contributed by atoms with Crippen LogP contribution in [0.25, 0.3) is 11.4 Å². The molecule has 5 heterocycles. The van der Waals surface area contributed by atoms with Gasteiger partial charge in [-0.2, -0.15) is 22.7 Å². The third kappa shape index (κ3) is 5.77. The molecule has 0 atom stereocenters. The second kappa shape index (κ2) is 11.1. The molecule has 41 heavy (non-hydrogen) atoms.